The summed E-state index contributed by atoms with van der Waals surface area (Å²) in [5, 5.41) is 10.3. The number of allylic oxidation sites excluding steroid dienone is 1. The Bertz CT molecular complexity index is 1190. The molecule has 0 saturated heterocycles. The predicted molar refractivity (Wildman–Crippen MR) is 102 cm³/mol. The van der Waals surface area contributed by atoms with Gasteiger partial charge in [-0.2, -0.15) is 5.26 Å². The number of nitrogens with zero attached hydrogens (tertiary/aromatic N) is 2. The molecule has 0 fully saturated rings. The lowest BCUT2D eigenvalue weighted by Crippen LogP contribution is -2.03. The zero-order chi connectivity index (χ0) is 18.7. The van der Waals surface area contributed by atoms with Crippen LogP contribution in [-0.4, -0.2) is 13.0 Å². The van der Waals surface area contributed by atoms with Crippen molar-refractivity contribution in [3.05, 3.63) is 65.2 Å². The first-order valence-electron chi connectivity index (χ1n) is 7.71. The number of aromatic nitrogens is 1. The van der Waals surface area contributed by atoms with Gasteiger partial charge in [0.25, 0.3) is 0 Å². The van der Waals surface area contributed by atoms with Crippen molar-refractivity contribution in [2.45, 2.75) is 11.4 Å². The second-order valence-electron chi connectivity index (χ2n) is 5.63. The summed E-state index contributed by atoms with van der Waals surface area (Å²) >= 11 is 0. The fourth-order valence-corrected chi connectivity index (χ4v) is 3.86. The number of fused-ring (bicyclic) bond motifs is 1. The van der Waals surface area contributed by atoms with Crippen molar-refractivity contribution in [1.29, 1.82) is 5.26 Å². The van der Waals surface area contributed by atoms with E-state index in [2.05, 4.69) is 5.92 Å². The lowest BCUT2D eigenvalue weighted by molar-refractivity contribution is 0.603. The van der Waals surface area contributed by atoms with Crippen LogP contribution in [0, 0.1) is 23.7 Å². The summed E-state index contributed by atoms with van der Waals surface area (Å²) in [6.45, 7) is 0.348. The average molecular weight is 361 g/mol. The third-order valence-electron chi connectivity index (χ3n) is 3.96. The van der Waals surface area contributed by atoms with Gasteiger partial charge in [-0.25, -0.2) is 8.42 Å². The molecule has 0 amide bonds. The van der Waals surface area contributed by atoms with Crippen molar-refractivity contribution in [1.82, 2.24) is 4.57 Å². The number of nitrogen functional groups attached to an aromatic ring is 1. The van der Waals surface area contributed by atoms with Crippen molar-refractivity contribution < 1.29 is 8.42 Å². The zero-order valence-corrected chi connectivity index (χ0v) is 14.6. The molecule has 0 saturated carbocycles. The summed E-state index contributed by atoms with van der Waals surface area (Å²) in [5.41, 5.74) is 7.54. The molecule has 3 aromatic rings. The van der Waals surface area contributed by atoms with E-state index < -0.39 is 9.84 Å². The van der Waals surface area contributed by atoms with Crippen LogP contribution in [-0.2, 0) is 16.4 Å². The van der Waals surface area contributed by atoms with Crippen molar-refractivity contribution in [3.63, 3.8) is 0 Å². The van der Waals surface area contributed by atoms with Gasteiger partial charge >= 0.3 is 0 Å². The highest BCUT2D eigenvalue weighted by Gasteiger charge is 2.21. The molecule has 0 aliphatic rings. The van der Waals surface area contributed by atoms with E-state index in [4.69, 9.17) is 12.2 Å². The lowest BCUT2D eigenvalue weighted by atomic mass is 10.1. The highest BCUT2D eigenvalue weighted by atomic mass is 32.2. The van der Waals surface area contributed by atoms with E-state index in [1.165, 1.54) is 30.3 Å². The summed E-state index contributed by atoms with van der Waals surface area (Å²) in [6.07, 6.45) is 8.53. The fraction of sp³-hybridized carbons (Fsp3) is 0.0500. The number of nitriles is 1. The van der Waals surface area contributed by atoms with E-state index >= 15 is 0 Å². The van der Waals surface area contributed by atoms with E-state index in [1.54, 1.807) is 12.3 Å². The van der Waals surface area contributed by atoms with Crippen LogP contribution >= 0.6 is 0 Å². The molecule has 128 valence electrons. The topological polar surface area (TPSA) is 88.9 Å². The normalized spacial score (nSPS) is 11.8. The van der Waals surface area contributed by atoms with Crippen LogP contribution < -0.4 is 5.73 Å². The maximum absolute atomic E-state index is 12.8. The molecule has 0 aliphatic heterocycles. The molecule has 1 heterocycles. The molecule has 0 atom stereocenters. The van der Waals surface area contributed by atoms with E-state index in [9.17, 15) is 13.7 Å². The van der Waals surface area contributed by atoms with Crippen LogP contribution in [0.3, 0.4) is 0 Å². The fourth-order valence-electron chi connectivity index (χ4n) is 2.70. The van der Waals surface area contributed by atoms with Crippen LogP contribution in [0.5, 0.6) is 0 Å². The number of nitrogens with two attached hydrogens (primary N) is 1. The first-order valence-corrected chi connectivity index (χ1v) is 9.19. The highest BCUT2D eigenvalue weighted by Crippen LogP contribution is 2.27. The molecule has 1 aromatic heterocycles. The Hall–Kier alpha value is -3.48. The second kappa shape index (κ2) is 6.79. The van der Waals surface area contributed by atoms with Crippen molar-refractivity contribution >= 4 is 32.5 Å². The Morgan fingerprint density at radius 1 is 1.19 bits per heavy atom. The minimum Gasteiger partial charge on any atom is -0.399 e. The van der Waals surface area contributed by atoms with Crippen molar-refractivity contribution in [2.24, 2.45) is 0 Å². The average Bonchev–Trinajstić information content (AvgIpc) is 2.98. The van der Waals surface area contributed by atoms with Crippen LogP contribution in [0.1, 0.15) is 5.56 Å². The molecule has 3 rings (SSSR count). The van der Waals surface area contributed by atoms with Crippen molar-refractivity contribution in [3.8, 4) is 18.4 Å². The molecular formula is C20H15N3O2S. The summed E-state index contributed by atoms with van der Waals surface area (Å²) in [6, 6.07) is 15.0. The number of benzene rings is 2. The van der Waals surface area contributed by atoms with E-state index in [0.29, 0.717) is 17.8 Å². The van der Waals surface area contributed by atoms with Gasteiger partial charge in [0.05, 0.1) is 11.4 Å². The maximum Gasteiger partial charge on any atom is 0.216 e. The van der Waals surface area contributed by atoms with Gasteiger partial charge in [-0.3, -0.25) is 0 Å². The van der Waals surface area contributed by atoms with Crippen LogP contribution in [0.25, 0.3) is 17.0 Å². The number of rotatable bonds is 4. The summed E-state index contributed by atoms with van der Waals surface area (Å²) < 4.78 is 27.4. The quantitative estimate of drug-likeness (QED) is 0.439. The van der Waals surface area contributed by atoms with E-state index in [1.807, 2.05) is 28.8 Å². The largest absolute Gasteiger partial charge is 0.399 e. The smallest absolute Gasteiger partial charge is 0.216 e. The third-order valence-corrected chi connectivity index (χ3v) is 5.64. The number of para-hydroxylation sites is 1. The number of terminal acetylenes is 1. The summed E-state index contributed by atoms with van der Waals surface area (Å²) in [5.74, 6) is 2.57. The minimum atomic E-state index is -3.94. The Balaban J connectivity index is 2.16. The summed E-state index contributed by atoms with van der Waals surface area (Å²) in [7, 11) is -3.94. The molecular weight excluding hydrogens is 346 g/mol. The Labute approximate surface area is 151 Å². The first-order chi connectivity index (χ1) is 12.5. The molecule has 0 spiro atoms. The highest BCUT2D eigenvalue weighted by molar-refractivity contribution is 7.95. The monoisotopic (exact) mass is 361 g/mol. The van der Waals surface area contributed by atoms with Gasteiger partial charge in [0, 0.05) is 28.4 Å². The number of anilines is 1. The minimum absolute atomic E-state index is 0.0202. The Kier molecular flexibility index (Phi) is 4.53. The van der Waals surface area contributed by atoms with Gasteiger partial charge in [-0.1, -0.05) is 24.1 Å². The van der Waals surface area contributed by atoms with Crippen LogP contribution in [0.4, 0.5) is 5.69 Å². The van der Waals surface area contributed by atoms with Crippen LogP contribution in [0.2, 0.25) is 0 Å². The maximum atomic E-state index is 12.8. The molecule has 2 N–H and O–H groups in total. The standard InChI is InChI=1S/C20H15N3O2S/c1-2-11-23-14-15(19-5-3-4-6-20(19)23)12-18(13-21)26(24,25)17-9-7-16(22)8-10-17/h1,3-10,12,14H,11,22H2/b18-12+. The van der Waals surface area contributed by atoms with Crippen LogP contribution in [0.15, 0.2) is 64.5 Å². The SMILES string of the molecule is C#CCn1cc(/C=C(\C#N)S(=O)(=O)c2ccc(N)cc2)c2ccccc21. The van der Waals surface area contributed by atoms with Gasteiger partial charge in [-0.05, 0) is 36.4 Å². The van der Waals surface area contributed by atoms with E-state index in [0.717, 1.165) is 10.9 Å². The second-order valence-corrected chi connectivity index (χ2v) is 7.54. The molecule has 0 unspecified atom stereocenters. The molecule has 5 nitrogen and oxygen atoms in total. The molecule has 0 bridgehead atoms. The molecule has 26 heavy (non-hydrogen) atoms. The van der Waals surface area contributed by atoms with Gasteiger partial charge < -0.3 is 10.3 Å². The lowest BCUT2D eigenvalue weighted by Gasteiger charge is -2.03. The zero-order valence-electron chi connectivity index (χ0n) is 13.8. The summed E-state index contributed by atoms with van der Waals surface area (Å²) in [4.78, 5) is -0.322. The van der Waals surface area contributed by atoms with E-state index in [-0.39, 0.29) is 9.80 Å². The molecule has 6 heteroatoms. The Morgan fingerprint density at radius 3 is 2.54 bits per heavy atom. The number of hydrogen-bond donors (Lipinski definition) is 1. The first kappa shape index (κ1) is 17.3. The third kappa shape index (κ3) is 3.06. The van der Waals surface area contributed by atoms with Gasteiger partial charge in [0.2, 0.25) is 9.84 Å². The number of sulfone groups is 1. The van der Waals surface area contributed by atoms with Crippen molar-refractivity contribution in [2.75, 3.05) is 5.73 Å². The van der Waals surface area contributed by atoms with Gasteiger partial charge in [0.15, 0.2) is 0 Å². The molecule has 0 radical (unpaired) electrons. The predicted octanol–water partition coefficient (Wildman–Crippen LogP) is 3.20. The van der Waals surface area contributed by atoms with Gasteiger partial charge in [0.1, 0.15) is 11.0 Å². The molecule has 2 aromatic carbocycles. The Morgan fingerprint density at radius 2 is 1.88 bits per heavy atom. The molecule has 0 aliphatic carbocycles. The number of hydrogen-bond acceptors (Lipinski definition) is 4. The van der Waals surface area contributed by atoms with Gasteiger partial charge in [-0.15, -0.1) is 6.42 Å².